The van der Waals surface area contributed by atoms with E-state index in [1.54, 1.807) is 0 Å². The second-order valence-corrected chi connectivity index (χ2v) is 8.46. The molecule has 0 atom stereocenters. The molecule has 2 rings (SSSR count). The highest BCUT2D eigenvalue weighted by atomic mass is 127. The predicted molar refractivity (Wildman–Crippen MR) is 136 cm³/mol. The van der Waals surface area contributed by atoms with Gasteiger partial charge in [-0.05, 0) is 52.5 Å². The summed E-state index contributed by atoms with van der Waals surface area (Å²) in [4.78, 5) is 9.52. The Hall–Kier alpha value is -0.860. The Morgan fingerprint density at radius 3 is 2.28 bits per heavy atom. The Morgan fingerprint density at radius 1 is 1.10 bits per heavy atom. The van der Waals surface area contributed by atoms with Gasteiger partial charge in [0.15, 0.2) is 5.96 Å². The molecule has 2 N–H and O–H groups in total. The summed E-state index contributed by atoms with van der Waals surface area (Å²) in [6, 6.07) is 12.5. The number of nitrogens with zero attached hydrogens (tertiary/aromatic N) is 3. The fourth-order valence-electron chi connectivity index (χ4n) is 4.05. The van der Waals surface area contributed by atoms with Crippen molar-refractivity contribution in [1.82, 2.24) is 20.4 Å². The minimum absolute atomic E-state index is 0. The molecular weight excluding hydrogens is 473 g/mol. The van der Waals surface area contributed by atoms with Gasteiger partial charge in [-0.25, -0.2) is 0 Å². The maximum Gasteiger partial charge on any atom is 0.191 e. The van der Waals surface area contributed by atoms with Crippen LogP contribution in [0.25, 0.3) is 0 Å². The lowest BCUT2D eigenvalue weighted by Gasteiger charge is -2.33. The highest BCUT2D eigenvalue weighted by Crippen LogP contribution is 2.13. The molecule has 29 heavy (non-hydrogen) atoms. The molecule has 166 valence electrons. The molecule has 0 saturated carbocycles. The zero-order chi connectivity index (χ0) is 20.4. The average molecular weight is 516 g/mol. The molecule has 5 nitrogen and oxygen atoms in total. The molecular formula is C23H42IN5. The van der Waals surface area contributed by atoms with E-state index in [0.29, 0.717) is 18.1 Å². The largest absolute Gasteiger partial charge is 0.356 e. The van der Waals surface area contributed by atoms with Crippen molar-refractivity contribution >= 4 is 29.9 Å². The average Bonchev–Trinajstić information content (AvgIpc) is 2.68. The third kappa shape index (κ3) is 9.66. The van der Waals surface area contributed by atoms with Gasteiger partial charge in [0.25, 0.3) is 0 Å². The minimum Gasteiger partial charge on any atom is -0.356 e. The van der Waals surface area contributed by atoms with E-state index in [2.05, 4.69) is 83.5 Å². The summed E-state index contributed by atoms with van der Waals surface area (Å²) < 4.78 is 0. The molecule has 1 aromatic rings. The number of hydrogen-bond donors (Lipinski definition) is 2. The second kappa shape index (κ2) is 14.2. The summed E-state index contributed by atoms with van der Waals surface area (Å²) in [5, 5.41) is 7.12. The summed E-state index contributed by atoms with van der Waals surface area (Å²) in [7, 11) is 1.87. The highest BCUT2D eigenvalue weighted by molar-refractivity contribution is 14.0. The topological polar surface area (TPSA) is 42.9 Å². The van der Waals surface area contributed by atoms with E-state index in [1.165, 1.54) is 18.4 Å². The molecule has 0 unspecified atom stereocenters. The molecule has 0 aromatic heterocycles. The fraction of sp³-hybridized carbons (Fsp3) is 0.696. The molecule has 0 spiro atoms. The van der Waals surface area contributed by atoms with Crippen molar-refractivity contribution < 1.29 is 0 Å². The van der Waals surface area contributed by atoms with Crippen LogP contribution in [0, 0.1) is 0 Å². The number of likely N-dealkylation sites (tertiary alicyclic amines) is 1. The lowest BCUT2D eigenvalue weighted by Crippen LogP contribution is -2.49. The molecule has 1 fully saturated rings. The molecule has 0 aliphatic carbocycles. The van der Waals surface area contributed by atoms with Crippen LogP contribution >= 0.6 is 24.0 Å². The van der Waals surface area contributed by atoms with Crippen LogP contribution in [0.3, 0.4) is 0 Å². The summed E-state index contributed by atoms with van der Waals surface area (Å²) >= 11 is 0. The van der Waals surface area contributed by atoms with E-state index < -0.39 is 0 Å². The van der Waals surface area contributed by atoms with Crippen LogP contribution in [0.1, 0.15) is 52.5 Å². The van der Waals surface area contributed by atoms with E-state index in [1.807, 2.05) is 7.05 Å². The Kier molecular flexibility index (Phi) is 12.8. The summed E-state index contributed by atoms with van der Waals surface area (Å²) in [5.74, 6) is 0.946. The van der Waals surface area contributed by atoms with Crippen LogP contribution in [0.4, 0.5) is 0 Å². The molecule has 1 aliphatic rings. The van der Waals surface area contributed by atoms with Crippen LogP contribution in [0.5, 0.6) is 0 Å². The standard InChI is InChI=1S/C23H41N5.HI/c1-19(2)28(20(3)4)15-9-14-25-23(24-5)26-22-12-16-27(17-13-22)18-21-10-7-6-8-11-21;/h6-8,10-11,19-20,22H,9,12-18H2,1-5H3,(H2,24,25,26);1H. The highest BCUT2D eigenvalue weighted by Gasteiger charge is 2.20. The Balaban J connectivity index is 0.00000420. The number of hydrogen-bond acceptors (Lipinski definition) is 3. The molecule has 6 heteroatoms. The van der Waals surface area contributed by atoms with Crippen LogP contribution in [-0.4, -0.2) is 67.1 Å². The summed E-state index contributed by atoms with van der Waals surface area (Å²) in [5.41, 5.74) is 1.41. The van der Waals surface area contributed by atoms with Gasteiger partial charge in [-0.2, -0.15) is 0 Å². The second-order valence-electron chi connectivity index (χ2n) is 8.46. The molecule has 1 aliphatic heterocycles. The molecule has 0 amide bonds. The number of guanidine groups is 1. The normalized spacial score (nSPS) is 16.3. The number of piperidine rings is 1. The SMILES string of the molecule is CN=C(NCCCN(C(C)C)C(C)C)NC1CCN(Cc2ccccc2)CC1.I. The molecule has 1 heterocycles. The maximum atomic E-state index is 4.42. The van der Waals surface area contributed by atoms with Crippen molar-refractivity contribution in [3.05, 3.63) is 35.9 Å². The van der Waals surface area contributed by atoms with E-state index in [9.17, 15) is 0 Å². The van der Waals surface area contributed by atoms with Crippen molar-refractivity contribution in [2.75, 3.05) is 33.2 Å². The van der Waals surface area contributed by atoms with Gasteiger partial charge in [0.2, 0.25) is 0 Å². The lowest BCUT2D eigenvalue weighted by molar-refractivity contribution is 0.173. The number of aliphatic imine (C=N–C) groups is 1. The van der Waals surface area contributed by atoms with Crippen LogP contribution in [0.2, 0.25) is 0 Å². The third-order valence-electron chi connectivity index (χ3n) is 5.61. The van der Waals surface area contributed by atoms with E-state index in [4.69, 9.17) is 0 Å². The molecule has 0 bridgehead atoms. The van der Waals surface area contributed by atoms with Crippen LogP contribution in [-0.2, 0) is 6.54 Å². The van der Waals surface area contributed by atoms with Crippen molar-refractivity contribution in [3.63, 3.8) is 0 Å². The number of benzene rings is 1. The van der Waals surface area contributed by atoms with Crippen LogP contribution < -0.4 is 10.6 Å². The first-order valence-corrected chi connectivity index (χ1v) is 11.0. The van der Waals surface area contributed by atoms with Gasteiger partial charge in [0.1, 0.15) is 0 Å². The van der Waals surface area contributed by atoms with Gasteiger partial charge in [-0.15, -0.1) is 24.0 Å². The van der Waals surface area contributed by atoms with Gasteiger partial charge < -0.3 is 10.6 Å². The first-order chi connectivity index (χ1) is 13.5. The van der Waals surface area contributed by atoms with Crippen molar-refractivity contribution in [1.29, 1.82) is 0 Å². The lowest BCUT2D eigenvalue weighted by atomic mass is 10.0. The quantitative estimate of drug-likeness (QED) is 0.226. The zero-order valence-corrected chi connectivity index (χ0v) is 21.4. The Bertz CT molecular complexity index is 560. The van der Waals surface area contributed by atoms with Crippen molar-refractivity contribution in [3.8, 4) is 0 Å². The Labute approximate surface area is 195 Å². The van der Waals surface area contributed by atoms with Crippen LogP contribution in [0.15, 0.2) is 35.3 Å². The molecule has 1 aromatic carbocycles. The fourth-order valence-corrected chi connectivity index (χ4v) is 4.05. The minimum atomic E-state index is 0. The van der Waals surface area contributed by atoms with Gasteiger partial charge >= 0.3 is 0 Å². The van der Waals surface area contributed by atoms with Crippen molar-refractivity contribution in [2.24, 2.45) is 4.99 Å². The number of halogens is 1. The first-order valence-electron chi connectivity index (χ1n) is 11.0. The summed E-state index contributed by atoms with van der Waals surface area (Å²) in [6.07, 6.45) is 3.47. The van der Waals surface area contributed by atoms with Crippen molar-refractivity contribution in [2.45, 2.75) is 71.6 Å². The number of rotatable bonds is 9. The monoisotopic (exact) mass is 515 g/mol. The van der Waals surface area contributed by atoms with Gasteiger partial charge in [0.05, 0.1) is 0 Å². The maximum absolute atomic E-state index is 4.42. The van der Waals surface area contributed by atoms with Gasteiger partial charge in [-0.1, -0.05) is 30.3 Å². The van der Waals surface area contributed by atoms with Gasteiger partial charge in [-0.3, -0.25) is 14.8 Å². The predicted octanol–water partition coefficient (Wildman–Crippen LogP) is 3.94. The van der Waals surface area contributed by atoms with Gasteiger partial charge in [0, 0.05) is 57.9 Å². The first kappa shape index (κ1) is 26.2. The molecule has 0 radical (unpaired) electrons. The van der Waals surface area contributed by atoms with E-state index in [-0.39, 0.29) is 24.0 Å². The Morgan fingerprint density at radius 2 is 1.72 bits per heavy atom. The number of nitrogens with one attached hydrogen (secondary N) is 2. The van der Waals surface area contributed by atoms with E-state index in [0.717, 1.165) is 45.1 Å². The smallest absolute Gasteiger partial charge is 0.191 e. The third-order valence-corrected chi connectivity index (χ3v) is 5.61. The molecule has 1 saturated heterocycles. The van der Waals surface area contributed by atoms with E-state index >= 15 is 0 Å². The summed E-state index contributed by atoms with van der Waals surface area (Å²) in [6.45, 7) is 14.5. The zero-order valence-electron chi connectivity index (χ0n) is 19.0.